The lowest BCUT2D eigenvalue weighted by Gasteiger charge is -2.20. The molecule has 0 fully saturated rings. The Balaban J connectivity index is 2.25. The minimum atomic E-state index is 0.311. The van der Waals surface area contributed by atoms with E-state index in [1.807, 2.05) is 12.1 Å². The summed E-state index contributed by atoms with van der Waals surface area (Å²) >= 11 is 2.36. The van der Waals surface area contributed by atoms with E-state index in [2.05, 4.69) is 71.2 Å². The molecule has 0 aliphatic heterocycles. The largest absolute Gasteiger partial charge is 0.496 e. The highest BCUT2D eigenvalue weighted by molar-refractivity contribution is 14.1. The normalized spacial score (nSPS) is 12.2. The van der Waals surface area contributed by atoms with Gasteiger partial charge in [0.1, 0.15) is 5.75 Å². The molecule has 0 aromatic heterocycles. The van der Waals surface area contributed by atoms with Gasteiger partial charge in [0.05, 0.1) is 7.11 Å². The molecule has 2 aromatic rings. The molecule has 1 unspecified atom stereocenters. The lowest BCUT2D eigenvalue weighted by Crippen LogP contribution is -2.23. The summed E-state index contributed by atoms with van der Waals surface area (Å²) in [7, 11) is 1.73. The first-order valence-electron chi connectivity index (χ1n) is 6.85. The Hall–Kier alpha value is -1.07. The number of hydrogen-bond donors (Lipinski definition) is 1. The standard InChI is InChI=1S/C17H20INO/c1-3-19-16(13-8-6-9-15(18)11-13)12-14-7-4-5-10-17(14)20-2/h4-11,16,19H,3,12H2,1-2H3. The van der Waals surface area contributed by atoms with Gasteiger partial charge in [-0.25, -0.2) is 0 Å². The molecule has 1 atom stereocenters. The van der Waals surface area contributed by atoms with Gasteiger partial charge in [-0.1, -0.05) is 37.3 Å². The Kier molecular flexibility index (Phi) is 5.86. The predicted molar refractivity (Wildman–Crippen MR) is 92.3 cm³/mol. The summed E-state index contributed by atoms with van der Waals surface area (Å²) in [6.07, 6.45) is 0.929. The van der Waals surface area contributed by atoms with E-state index >= 15 is 0 Å². The average molecular weight is 381 g/mol. The fourth-order valence-corrected chi connectivity index (χ4v) is 2.94. The van der Waals surface area contributed by atoms with Crippen LogP contribution in [0.15, 0.2) is 48.5 Å². The van der Waals surface area contributed by atoms with Crippen LogP contribution in [-0.2, 0) is 6.42 Å². The summed E-state index contributed by atoms with van der Waals surface area (Å²) in [6, 6.07) is 17.2. The molecule has 20 heavy (non-hydrogen) atoms. The van der Waals surface area contributed by atoms with Crippen molar-refractivity contribution in [2.24, 2.45) is 0 Å². The van der Waals surface area contributed by atoms with Gasteiger partial charge in [-0.2, -0.15) is 0 Å². The SMILES string of the molecule is CCNC(Cc1ccccc1OC)c1cccc(I)c1. The fourth-order valence-electron chi connectivity index (χ4n) is 2.37. The maximum absolute atomic E-state index is 5.45. The van der Waals surface area contributed by atoms with Crippen molar-refractivity contribution in [3.05, 3.63) is 63.2 Å². The monoisotopic (exact) mass is 381 g/mol. The summed E-state index contributed by atoms with van der Waals surface area (Å²) in [6.45, 7) is 3.09. The molecule has 0 saturated carbocycles. The van der Waals surface area contributed by atoms with Crippen LogP contribution >= 0.6 is 22.6 Å². The van der Waals surface area contributed by atoms with Crippen LogP contribution in [-0.4, -0.2) is 13.7 Å². The van der Waals surface area contributed by atoms with Crippen molar-refractivity contribution in [3.63, 3.8) is 0 Å². The van der Waals surface area contributed by atoms with Crippen LogP contribution in [0, 0.1) is 3.57 Å². The van der Waals surface area contributed by atoms with Gasteiger partial charge in [-0.15, -0.1) is 0 Å². The summed E-state index contributed by atoms with van der Waals surface area (Å²) in [5.41, 5.74) is 2.56. The van der Waals surface area contributed by atoms with E-state index in [4.69, 9.17) is 4.74 Å². The van der Waals surface area contributed by atoms with Crippen LogP contribution in [0.3, 0.4) is 0 Å². The van der Waals surface area contributed by atoms with Crippen LogP contribution in [0.1, 0.15) is 24.1 Å². The molecule has 0 bridgehead atoms. The zero-order valence-corrected chi connectivity index (χ0v) is 14.1. The van der Waals surface area contributed by atoms with Crippen LogP contribution in [0.2, 0.25) is 0 Å². The minimum absolute atomic E-state index is 0.311. The van der Waals surface area contributed by atoms with E-state index in [1.54, 1.807) is 7.11 Å². The molecule has 1 N–H and O–H groups in total. The summed E-state index contributed by atoms with van der Waals surface area (Å²) in [5, 5.41) is 3.57. The van der Waals surface area contributed by atoms with Crippen molar-refractivity contribution in [3.8, 4) is 5.75 Å². The zero-order valence-electron chi connectivity index (χ0n) is 11.9. The number of hydrogen-bond acceptors (Lipinski definition) is 2. The molecule has 0 aliphatic rings. The Morgan fingerprint density at radius 3 is 2.65 bits per heavy atom. The molecule has 0 saturated heterocycles. The van der Waals surface area contributed by atoms with Gasteiger partial charge in [0.25, 0.3) is 0 Å². The molecule has 3 heteroatoms. The number of likely N-dealkylation sites (N-methyl/N-ethyl adjacent to an activating group) is 1. The van der Waals surface area contributed by atoms with Crippen molar-refractivity contribution in [2.45, 2.75) is 19.4 Å². The van der Waals surface area contributed by atoms with Gasteiger partial charge in [0.2, 0.25) is 0 Å². The van der Waals surface area contributed by atoms with Crippen LogP contribution in [0.5, 0.6) is 5.75 Å². The Morgan fingerprint density at radius 1 is 1.15 bits per heavy atom. The zero-order chi connectivity index (χ0) is 14.4. The first-order chi connectivity index (χ1) is 9.74. The number of benzene rings is 2. The Labute approximate surface area is 134 Å². The summed E-state index contributed by atoms with van der Waals surface area (Å²) in [5.74, 6) is 0.959. The van der Waals surface area contributed by atoms with Crippen molar-refractivity contribution in [1.29, 1.82) is 0 Å². The smallest absolute Gasteiger partial charge is 0.122 e. The quantitative estimate of drug-likeness (QED) is 0.758. The second-order valence-electron chi connectivity index (χ2n) is 4.68. The molecule has 0 spiro atoms. The first kappa shape index (κ1) is 15.3. The maximum Gasteiger partial charge on any atom is 0.122 e. The third-order valence-corrected chi connectivity index (χ3v) is 3.99. The second kappa shape index (κ2) is 7.64. The van der Waals surface area contributed by atoms with Gasteiger partial charge < -0.3 is 10.1 Å². The highest BCUT2D eigenvalue weighted by Gasteiger charge is 2.13. The molecule has 0 amide bonds. The molecule has 0 aliphatic carbocycles. The fraction of sp³-hybridized carbons (Fsp3) is 0.294. The number of rotatable bonds is 6. The molecule has 106 valence electrons. The van der Waals surface area contributed by atoms with Crippen molar-refractivity contribution in [2.75, 3.05) is 13.7 Å². The van der Waals surface area contributed by atoms with Crippen LogP contribution < -0.4 is 10.1 Å². The molecular formula is C17H20INO. The number of ether oxygens (including phenoxy) is 1. The Morgan fingerprint density at radius 2 is 1.95 bits per heavy atom. The molecule has 2 nitrogen and oxygen atoms in total. The van der Waals surface area contributed by atoms with Crippen molar-refractivity contribution in [1.82, 2.24) is 5.32 Å². The van der Waals surface area contributed by atoms with E-state index in [0.717, 1.165) is 18.7 Å². The molecule has 2 aromatic carbocycles. The molecular weight excluding hydrogens is 361 g/mol. The number of methoxy groups -OCH3 is 1. The molecule has 0 heterocycles. The minimum Gasteiger partial charge on any atom is -0.496 e. The van der Waals surface area contributed by atoms with Crippen LogP contribution in [0.4, 0.5) is 0 Å². The van der Waals surface area contributed by atoms with E-state index in [1.165, 1.54) is 14.7 Å². The lowest BCUT2D eigenvalue weighted by atomic mass is 9.98. The van der Waals surface area contributed by atoms with E-state index < -0.39 is 0 Å². The average Bonchev–Trinajstić information content (AvgIpc) is 2.47. The Bertz CT molecular complexity index is 556. The number of para-hydroxylation sites is 1. The van der Waals surface area contributed by atoms with E-state index in [9.17, 15) is 0 Å². The molecule has 2 rings (SSSR count). The first-order valence-corrected chi connectivity index (χ1v) is 7.93. The van der Waals surface area contributed by atoms with Gasteiger partial charge in [-0.05, 0) is 64.9 Å². The van der Waals surface area contributed by atoms with Crippen molar-refractivity contribution < 1.29 is 4.74 Å². The van der Waals surface area contributed by atoms with E-state index in [-0.39, 0.29) is 0 Å². The van der Waals surface area contributed by atoms with Crippen molar-refractivity contribution >= 4 is 22.6 Å². The molecule has 0 radical (unpaired) electrons. The van der Waals surface area contributed by atoms with Gasteiger partial charge in [-0.3, -0.25) is 0 Å². The third-order valence-electron chi connectivity index (χ3n) is 3.32. The lowest BCUT2D eigenvalue weighted by molar-refractivity contribution is 0.405. The predicted octanol–water partition coefficient (Wildman–Crippen LogP) is 4.19. The maximum atomic E-state index is 5.45. The van der Waals surface area contributed by atoms with Crippen LogP contribution in [0.25, 0.3) is 0 Å². The highest BCUT2D eigenvalue weighted by Crippen LogP contribution is 2.25. The number of halogens is 1. The van der Waals surface area contributed by atoms with Gasteiger partial charge in [0, 0.05) is 9.61 Å². The number of nitrogens with one attached hydrogen (secondary N) is 1. The second-order valence-corrected chi connectivity index (χ2v) is 5.93. The van der Waals surface area contributed by atoms with Gasteiger partial charge in [0.15, 0.2) is 0 Å². The summed E-state index contributed by atoms with van der Waals surface area (Å²) < 4.78 is 6.72. The highest BCUT2D eigenvalue weighted by atomic mass is 127. The topological polar surface area (TPSA) is 21.3 Å². The summed E-state index contributed by atoms with van der Waals surface area (Å²) in [4.78, 5) is 0. The third kappa shape index (κ3) is 3.96. The van der Waals surface area contributed by atoms with Gasteiger partial charge >= 0.3 is 0 Å². The van der Waals surface area contributed by atoms with E-state index in [0.29, 0.717) is 6.04 Å².